The Morgan fingerprint density at radius 3 is 2.19 bits per heavy atom. The maximum Gasteiger partial charge on any atom is 0.260 e. The van der Waals surface area contributed by atoms with E-state index < -0.39 is 5.41 Å². The van der Waals surface area contributed by atoms with Crippen molar-refractivity contribution >= 4 is 42.3 Å². The Labute approximate surface area is 202 Å². The zero-order valence-corrected chi connectivity index (χ0v) is 20.4. The van der Waals surface area contributed by atoms with Crippen LogP contribution in [0.25, 0.3) is 0 Å². The van der Waals surface area contributed by atoms with Gasteiger partial charge in [-0.2, -0.15) is 0 Å². The van der Waals surface area contributed by atoms with Crippen LogP contribution in [0.2, 0.25) is 0 Å². The van der Waals surface area contributed by atoms with Gasteiger partial charge in [0.2, 0.25) is 5.91 Å². The molecule has 6 nitrogen and oxygen atoms in total. The molecule has 2 heterocycles. The molecule has 0 spiro atoms. The summed E-state index contributed by atoms with van der Waals surface area (Å²) in [5, 5.41) is 0. The third-order valence-electron chi connectivity index (χ3n) is 6.29. The second kappa shape index (κ2) is 10.6. The molecule has 4 rings (SSSR count). The van der Waals surface area contributed by atoms with E-state index >= 15 is 0 Å². The normalized spacial score (nSPS) is 17.8. The number of carbonyl (C=O) groups excluding carboxylic acids is 2. The molecule has 174 valence electrons. The molecule has 2 amide bonds. The maximum atomic E-state index is 13.1. The summed E-state index contributed by atoms with van der Waals surface area (Å²) in [6.07, 6.45) is 0. The maximum absolute atomic E-state index is 13.1. The standard InChI is InChI=1S/C24H29N3O3.2ClH/c1-24(2)19-9-5-4-8-18(19)22(28)27(23(24)29)17-14-25-12-15-26(16-13-25)20-10-6-7-11-21(20)30-3;;/h4-11H,12-17H2,1-3H3;2*1H. The number of imide groups is 1. The number of fused-ring (bicyclic) bond motifs is 1. The Morgan fingerprint density at radius 1 is 0.875 bits per heavy atom. The molecule has 0 aromatic heterocycles. The largest absolute Gasteiger partial charge is 0.495 e. The van der Waals surface area contributed by atoms with Crippen molar-refractivity contribution in [3.05, 3.63) is 59.7 Å². The first-order chi connectivity index (χ1) is 14.4. The minimum atomic E-state index is -0.687. The van der Waals surface area contributed by atoms with Crippen LogP contribution in [0.5, 0.6) is 5.75 Å². The van der Waals surface area contributed by atoms with Crippen LogP contribution < -0.4 is 9.64 Å². The number of amides is 2. The Kier molecular flexibility index (Phi) is 8.57. The van der Waals surface area contributed by atoms with Crippen molar-refractivity contribution in [1.29, 1.82) is 0 Å². The van der Waals surface area contributed by atoms with E-state index in [1.165, 1.54) is 4.90 Å². The molecule has 0 atom stereocenters. The fourth-order valence-electron chi connectivity index (χ4n) is 4.45. The first-order valence-corrected chi connectivity index (χ1v) is 10.5. The lowest BCUT2D eigenvalue weighted by Gasteiger charge is -2.40. The van der Waals surface area contributed by atoms with E-state index in [1.54, 1.807) is 7.11 Å². The van der Waals surface area contributed by atoms with Gasteiger partial charge >= 0.3 is 0 Å². The summed E-state index contributed by atoms with van der Waals surface area (Å²) in [7, 11) is 1.70. The number of nitrogens with zero attached hydrogens (tertiary/aromatic N) is 3. The Balaban J connectivity index is 0.00000181. The summed E-state index contributed by atoms with van der Waals surface area (Å²) >= 11 is 0. The van der Waals surface area contributed by atoms with Gasteiger partial charge in [0.05, 0.1) is 18.2 Å². The van der Waals surface area contributed by atoms with Crippen molar-refractivity contribution in [3.63, 3.8) is 0 Å². The van der Waals surface area contributed by atoms with Crippen molar-refractivity contribution in [3.8, 4) is 5.75 Å². The Morgan fingerprint density at radius 2 is 1.50 bits per heavy atom. The van der Waals surface area contributed by atoms with Crippen LogP contribution in [-0.4, -0.2) is 68.0 Å². The van der Waals surface area contributed by atoms with E-state index in [0.29, 0.717) is 18.7 Å². The zero-order chi connectivity index (χ0) is 21.3. The van der Waals surface area contributed by atoms with Gasteiger partial charge in [-0.05, 0) is 37.6 Å². The number of benzene rings is 2. The molecule has 0 saturated carbocycles. The third kappa shape index (κ3) is 4.72. The number of ether oxygens (including phenoxy) is 1. The van der Waals surface area contributed by atoms with E-state index in [-0.39, 0.29) is 36.6 Å². The number of methoxy groups -OCH3 is 1. The van der Waals surface area contributed by atoms with Crippen LogP contribution >= 0.6 is 24.8 Å². The monoisotopic (exact) mass is 479 g/mol. The number of hydrogen-bond donors (Lipinski definition) is 0. The molecule has 0 bridgehead atoms. The van der Waals surface area contributed by atoms with Gasteiger partial charge in [-0.3, -0.25) is 19.4 Å². The van der Waals surface area contributed by atoms with Crippen molar-refractivity contribution in [2.75, 3.05) is 51.3 Å². The fourth-order valence-corrected chi connectivity index (χ4v) is 4.45. The van der Waals surface area contributed by atoms with Gasteiger partial charge < -0.3 is 9.64 Å². The molecule has 32 heavy (non-hydrogen) atoms. The molecule has 1 fully saturated rings. The van der Waals surface area contributed by atoms with Crippen molar-refractivity contribution in [2.45, 2.75) is 19.3 Å². The van der Waals surface area contributed by atoms with Gasteiger partial charge in [-0.25, -0.2) is 0 Å². The molecule has 2 aromatic carbocycles. The molecule has 2 aromatic rings. The van der Waals surface area contributed by atoms with Gasteiger partial charge in [0.15, 0.2) is 0 Å². The first-order valence-electron chi connectivity index (χ1n) is 10.5. The average Bonchev–Trinajstić information content (AvgIpc) is 2.78. The molecule has 1 saturated heterocycles. The van der Waals surface area contributed by atoms with Crippen molar-refractivity contribution < 1.29 is 14.3 Å². The number of para-hydroxylation sites is 2. The van der Waals surface area contributed by atoms with Crippen LogP contribution in [0.15, 0.2) is 48.5 Å². The average molecular weight is 480 g/mol. The lowest BCUT2D eigenvalue weighted by Crippen LogP contribution is -2.55. The van der Waals surface area contributed by atoms with E-state index in [1.807, 2.05) is 56.3 Å². The highest BCUT2D eigenvalue weighted by molar-refractivity contribution is 6.12. The van der Waals surface area contributed by atoms with E-state index in [4.69, 9.17) is 4.74 Å². The number of anilines is 1. The quantitative estimate of drug-likeness (QED) is 0.612. The summed E-state index contributed by atoms with van der Waals surface area (Å²) in [6.45, 7) is 8.45. The predicted octanol–water partition coefficient (Wildman–Crippen LogP) is 3.62. The summed E-state index contributed by atoms with van der Waals surface area (Å²) in [6, 6.07) is 15.5. The molecular weight excluding hydrogens is 449 g/mol. The second-order valence-electron chi connectivity index (χ2n) is 8.43. The van der Waals surface area contributed by atoms with Crippen LogP contribution in [0.4, 0.5) is 5.69 Å². The molecule has 0 unspecified atom stereocenters. The minimum absolute atomic E-state index is 0. The molecule has 0 aliphatic carbocycles. The predicted molar refractivity (Wildman–Crippen MR) is 132 cm³/mol. The number of piperazine rings is 1. The number of hydrogen-bond acceptors (Lipinski definition) is 5. The first kappa shape index (κ1) is 26.0. The van der Waals surface area contributed by atoms with Crippen molar-refractivity contribution in [1.82, 2.24) is 9.80 Å². The highest BCUT2D eigenvalue weighted by Gasteiger charge is 2.44. The van der Waals surface area contributed by atoms with Gasteiger partial charge in [0, 0.05) is 44.8 Å². The summed E-state index contributed by atoms with van der Waals surface area (Å²) < 4.78 is 5.49. The summed E-state index contributed by atoms with van der Waals surface area (Å²) in [5.41, 5.74) is 1.89. The van der Waals surface area contributed by atoms with E-state index in [0.717, 1.165) is 43.2 Å². The second-order valence-corrected chi connectivity index (χ2v) is 8.43. The Bertz CT molecular complexity index is 959. The Hall–Kier alpha value is -2.28. The number of carbonyl (C=O) groups is 2. The third-order valence-corrected chi connectivity index (χ3v) is 6.29. The van der Waals surface area contributed by atoms with E-state index in [9.17, 15) is 9.59 Å². The van der Waals surface area contributed by atoms with Gasteiger partial charge in [-0.1, -0.05) is 30.3 Å². The lowest BCUT2D eigenvalue weighted by molar-refractivity contribution is -0.134. The zero-order valence-electron chi connectivity index (χ0n) is 18.7. The SMILES string of the molecule is COc1ccccc1N1CCN(CCN2C(=O)c3ccccc3C(C)(C)C2=O)CC1.Cl.Cl. The number of rotatable bonds is 5. The highest BCUT2D eigenvalue weighted by atomic mass is 35.5. The molecule has 2 aliphatic rings. The van der Waals surface area contributed by atoms with Crippen LogP contribution in [0.3, 0.4) is 0 Å². The minimum Gasteiger partial charge on any atom is -0.495 e. The lowest BCUT2D eigenvalue weighted by atomic mass is 9.77. The highest BCUT2D eigenvalue weighted by Crippen LogP contribution is 2.34. The van der Waals surface area contributed by atoms with Crippen LogP contribution in [0, 0.1) is 0 Å². The van der Waals surface area contributed by atoms with Crippen molar-refractivity contribution in [2.24, 2.45) is 0 Å². The van der Waals surface area contributed by atoms with Gasteiger partial charge in [0.1, 0.15) is 5.75 Å². The molecule has 0 N–H and O–H groups in total. The smallest absolute Gasteiger partial charge is 0.260 e. The van der Waals surface area contributed by atoms with Crippen LogP contribution in [-0.2, 0) is 10.2 Å². The van der Waals surface area contributed by atoms with Crippen LogP contribution in [0.1, 0.15) is 29.8 Å². The number of halogens is 2. The molecule has 2 aliphatic heterocycles. The molecule has 8 heteroatoms. The molecule has 0 radical (unpaired) electrons. The van der Waals surface area contributed by atoms with Gasteiger partial charge in [-0.15, -0.1) is 24.8 Å². The summed E-state index contributed by atoms with van der Waals surface area (Å²) in [5.74, 6) is 0.595. The fraction of sp³-hybridized carbons (Fsp3) is 0.417. The summed E-state index contributed by atoms with van der Waals surface area (Å²) in [4.78, 5) is 32.1. The van der Waals surface area contributed by atoms with E-state index in [2.05, 4.69) is 15.9 Å². The van der Waals surface area contributed by atoms with Gasteiger partial charge in [0.25, 0.3) is 5.91 Å². The molecular formula is C24H31Cl2N3O3. The topological polar surface area (TPSA) is 53.1 Å².